The molecule has 4 nitrogen and oxygen atoms in total. The predicted octanol–water partition coefficient (Wildman–Crippen LogP) is 2.48. The molecule has 0 fully saturated rings. The number of furan rings is 1. The van der Waals surface area contributed by atoms with Gasteiger partial charge in [-0.2, -0.15) is 0 Å². The summed E-state index contributed by atoms with van der Waals surface area (Å²) in [5.74, 6) is 0.942. The van der Waals surface area contributed by atoms with Gasteiger partial charge >= 0.3 is 5.97 Å². The molecule has 1 aromatic rings. The minimum atomic E-state index is -0.360. The average Bonchev–Trinajstić information content (AvgIpc) is 2.52. The van der Waals surface area contributed by atoms with E-state index >= 15 is 0 Å². The van der Waals surface area contributed by atoms with E-state index in [1.54, 1.807) is 19.9 Å². The third kappa shape index (κ3) is 3.70. The minimum absolute atomic E-state index is 0.150. The summed E-state index contributed by atoms with van der Waals surface area (Å²) in [7, 11) is 0. The van der Waals surface area contributed by atoms with Crippen molar-refractivity contribution in [3.63, 3.8) is 0 Å². The maximum atomic E-state index is 11.6. The van der Waals surface area contributed by atoms with Gasteiger partial charge in [-0.05, 0) is 33.8 Å². The van der Waals surface area contributed by atoms with Crippen molar-refractivity contribution in [3.8, 4) is 0 Å². The number of rotatable bonds is 5. The zero-order chi connectivity index (χ0) is 12.1. The highest BCUT2D eigenvalue weighted by atomic mass is 16.6. The third-order valence-electron chi connectivity index (χ3n) is 2.03. The topological polar surface area (TPSA) is 48.7 Å². The first-order valence-corrected chi connectivity index (χ1v) is 5.36. The van der Waals surface area contributed by atoms with E-state index in [9.17, 15) is 4.79 Å². The fourth-order valence-corrected chi connectivity index (χ4v) is 1.33. The molecule has 1 aromatic heterocycles. The molecule has 4 heteroatoms. The number of esters is 1. The van der Waals surface area contributed by atoms with Gasteiger partial charge in [-0.1, -0.05) is 0 Å². The van der Waals surface area contributed by atoms with Crippen LogP contribution in [0.15, 0.2) is 10.5 Å². The molecule has 0 amide bonds. The van der Waals surface area contributed by atoms with Crippen LogP contribution in [0.3, 0.4) is 0 Å². The quantitative estimate of drug-likeness (QED) is 0.571. The average molecular weight is 226 g/mol. The second kappa shape index (κ2) is 5.70. The Hall–Kier alpha value is -1.29. The van der Waals surface area contributed by atoms with Crippen molar-refractivity contribution in [1.29, 1.82) is 0 Å². The third-order valence-corrected chi connectivity index (χ3v) is 2.03. The first-order chi connectivity index (χ1) is 7.50. The zero-order valence-electron chi connectivity index (χ0n) is 10.2. The van der Waals surface area contributed by atoms with Gasteiger partial charge in [-0.15, -0.1) is 0 Å². The van der Waals surface area contributed by atoms with Crippen molar-refractivity contribution in [1.82, 2.24) is 0 Å². The summed E-state index contributed by atoms with van der Waals surface area (Å²) in [6.07, 6.45) is 0.150. The van der Waals surface area contributed by atoms with Crippen LogP contribution in [0.5, 0.6) is 0 Å². The maximum absolute atomic E-state index is 11.6. The van der Waals surface area contributed by atoms with Gasteiger partial charge in [-0.25, -0.2) is 4.79 Å². The fourth-order valence-electron chi connectivity index (χ4n) is 1.33. The lowest BCUT2D eigenvalue weighted by Crippen LogP contribution is -2.13. The summed E-state index contributed by atoms with van der Waals surface area (Å²) in [6.45, 7) is 8.09. The molecule has 90 valence electrons. The van der Waals surface area contributed by atoms with Crippen LogP contribution in [0.1, 0.15) is 35.7 Å². The van der Waals surface area contributed by atoms with Crippen molar-refractivity contribution >= 4 is 5.97 Å². The number of ether oxygens (including phenoxy) is 2. The van der Waals surface area contributed by atoms with Crippen LogP contribution in [-0.2, 0) is 9.47 Å². The molecule has 0 saturated carbocycles. The molecule has 0 aliphatic rings. The molecule has 0 bridgehead atoms. The number of hydrogen-bond acceptors (Lipinski definition) is 4. The first kappa shape index (κ1) is 12.8. The van der Waals surface area contributed by atoms with Crippen LogP contribution in [0.2, 0.25) is 0 Å². The summed E-state index contributed by atoms with van der Waals surface area (Å²) in [6, 6.07) is 1.68. The Morgan fingerprint density at radius 1 is 1.38 bits per heavy atom. The molecule has 1 rings (SSSR count). The molecule has 0 spiro atoms. The highest BCUT2D eigenvalue weighted by Gasteiger charge is 2.14. The molecule has 0 aliphatic carbocycles. The first-order valence-electron chi connectivity index (χ1n) is 5.36. The maximum Gasteiger partial charge on any atom is 0.341 e. The molecule has 0 unspecified atom stereocenters. The normalized spacial score (nSPS) is 10.8. The van der Waals surface area contributed by atoms with Crippen molar-refractivity contribution in [2.75, 3.05) is 13.2 Å². The Morgan fingerprint density at radius 3 is 2.56 bits per heavy atom. The van der Waals surface area contributed by atoms with E-state index in [4.69, 9.17) is 13.9 Å². The molecule has 16 heavy (non-hydrogen) atoms. The number of carbonyl (C=O) groups is 1. The summed E-state index contributed by atoms with van der Waals surface area (Å²) in [4.78, 5) is 11.6. The second-order valence-corrected chi connectivity index (χ2v) is 3.88. The van der Waals surface area contributed by atoms with E-state index in [2.05, 4.69) is 0 Å². The minimum Gasteiger partial charge on any atom is -0.466 e. The molecule has 0 atom stereocenters. The molecule has 1 heterocycles. The molecule has 0 radical (unpaired) electrons. The van der Waals surface area contributed by atoms with Crippen molar-refractivity contribution in [3.05, 3.63) is 23.2 Å². The number of aryl methyl sites for hydroxylation is 2. The van der Waals surface area contributed by atoms with Gasteiger partial charge in [-0.3, -0.25) is 0 Å². The second-order valence-electron chi connectivity index (χ2n) is 3.88. The summed E-state index contributed by atoms with van der Waals surface area (Å²) >= 11 is 0. The Labute approximate surface area is 95.5 Å². The van der Waals surface area contributed by atoms with Crippen LogP contribution < -0.4 is 0 Å². The van der Waals surface area contributed by atoms with Crippen LogP contribution in [-0.4, -0.2) is 25.3 Å². The van der Waals surface area contributed by atoms with Crippen molar-refractivity contribution in [2.24, 2.45) is 0 Å². The number of hydrogen-bond donors (Lipinski definition) is 0. The lowest BCUT2D eigenvalue weighted by Gasteiger charge is -2.07. The Bertz CT molecular complexity index is 352. The molecule has 0 aliphatic heterocycles. The van der Waals surface area contributed by atoms with E-state index in [0.717, 1.165) is 0 Å². The Balaban J connectivity index is 2.38. The molecule has 0 N–H and O–H groups in total. The van der Waals surface area contributed by atoms with Gasteiger partial charge in [0.15, 0.2) is 0 Å². The highest BCUT2D eigenvalue weighted by molar-refractivity contribution is 5.90. The van der Waals surface area contributed by atoms with Crippen molar-refractivity contribution < 1.29 is 18.7 Å². The van der Waals surface area contributed by atoms with Crippen LogP contribution in [0, 0.1) is 13.8 Å². The van der Waals surface area contributed by atoms with Crippen LogP contribution in [0.4, 0.5) is 0 Å². The Kier molecular flexibility index (Phi) is 4.55. The lowest BCUT2D eigenvalue weighted by molar-refractivity contribution is 0.0175. The van der Waals surface area contributed by atoms with E-state index in [1.165, 1.54) is 0 Å². The van der Waals surface area contributed by atoms with Gasteiger partial charge < -0.3 is 13.9 Å². The summed E-state index contributed by atoms with van der Waals surface area (Å²) in [5, 5.41) is 0. The van der Waals surface area contributed by atoms with E-state index in [0.29, 0.717) is 23.7 Å². The lowest BCUT2D eigenvalue weighted by atomic mass is 10.2. The van der Waals surface area contributed by atoms with Gasteiger partial charge in [0.05, 0.1) is 12.7 Å². The molecular formula is C12H18O4. The zero-order valence-corrected chi connectivity index (χ0v) is 10.2. The molecule has 0 aromatic carbocycles. The fraction of sp³-hybridized carbons (Fsp3) is 0.583. The van der Waals surface area contributed by atoms with Crippen LogP contribution in [0.25, 0.3) is 0 Å². The van der Waals surface area contributed by atoms with E-state index < -0.39 is 0 Å². The summed E-state index contributed by atoms with van der Waals surface area (Å²) < 4.78 is 15.6. The van der Waals surface area contributed by atoms with Gasteiger partial charge in [0.25, 0.3) is 0 Å². The van der Waals surface area contributed by atoms with Gasteiger partial charge in [0.1, 0.15) is 23.7 Å². The SMILES string of the molecule is Cc1cc(C(=O)OCCOC(C)C)c(C)o1. The van der Waals surface area contributed by atoms with Gasteiger partial charge in [0.2, 0.25) is 0 Å². The highest BCUT2D eigenvalue weighted by Crippen LogP contribution is 2.14. The smallest absolute Gasteiger partial charge is 0.341 e. The monoisotopic (exact) mass is 226 g/mol. The van der Waals surface area contributed by atoms with Crippen LogP contribution >= 0.6 is 0 Å². The number of carbonyl (C=O) groups excluding carboxylic acids is 1. The van der Waals surface area contributed by atoms with Gasteiger partial charge in [0, 0.05) is 0 Å². The van der Waals surface area contributed by atoms with Crippen molar-refractivity contribution in [2.45, 2.75) is 33.8 Å². The van der Waals surface area contributed by atoms with E-state index in [-0.39, 0.29) is 18.7 Å². The standard InChI is InChI=1S/C12H18O4/c1-8(2)14-5-6-15-12(13)11-7-9(3)16-10(11)4/h7-8H,5-6H2,1-4H3. The molecular weight excluding hydrogens is 208 g/mol. The Morgan fingerprint density at radius 2 is 2.06 bits per heavy atom. The largest absolute Gasteiger partial charge is 0.466 e. The molecule has 0 saturated heterocycles. The predicted molar refractivity (Wildman–Crippen MR) is 59.6 cm³/mol. The summed E-state index contributed by atoms with van der Waals surface area (Å²) in [5.41, 5.74) is 0.488. The van der Waals surface area contributed by atoms with E-state index in [1.807, 2.05) is 13.8 Å².